The average Bonchev–Trinajstić information content (AvgIpc) is 3.04. The number of hydrogen-bond acceptors (Lipinski definition) is 5. The van der Waals surface area contributed by atoms with Crippen LogP contribution in [0.1, 0.15) is 17.2 Å². The minimum atomic E-state index is -0.612. The molecule has 0 spiro atoms. The van der Waals surface area contributed by atoms with Crippen LogP contribution in [0.4, 0.5) is 4.79 Å². The Bertz CT molecular complexity index is 775. The molecule has 1 aliphatic heterocycles. The first kappa shape index (κ1) is 16.8. The molecule has 130 valence electrons. The molecule has 0 N–H and O–H groups in total. The van der Waals surface area contributed by atoms with Gasteiger partial charge in [0.2, 0.25) is 5.91 Å². The Morgan fingerprint density at radius 3 is 2.52 bits per heavy atom. The summed E-state index contributed by atoms with van der Waals surface area (Å²) < 4.78 is 15.5. The second kappa shape index (κ2) is 7.25. The quantitative estimate of drug-likeness (QED) is 0.836. The zero-order valence-corrected chi connectivity index (χ0v) is 14.1. The van der Waals surface area contributed by atoms with Crippen molar-refractivity contribution in [2.24, 2.45) is 0 Å². The largest absolute Gasteiger partial charge is 0.493 e. The van der Waals surface area contributed by atoms with E-state index in [9.17, 15) is 9.59 Å². The second-order valence-corrected chi connectivity index (χ2v) is 5.63. The lowest BCUT2D eigenvalue weighted by molar-refractivity contribution is -0.128. The molecule has 1 fully saturated rings. The van der Waals surface area contributed by atoms with Crippen LogP contribution in [0.3, 0.4) is 0 Å². The highest BCUT2D eigenvalue weighted by Crippen LogP contribution is 2.30. The number of ether oxygens (including phenoxy) is 3. The van der Waals surface area contributed by atoms with E-state index in [0.29, 0.717) is 11.5 Å². The molecule has 0 aliphatic carbocycles. The maximum absolute atomic E-state index is 12.7. The lowest BCUT2D eigenvalue weighted by Crippen LogP contribution is -2.35. The van der Waals surface area contributed by atoms with Crippen LogP contribution in [0.5, 0.6) is 11.5 Å². The smallest absolute Gasteiger partial charge is 0.417 e. The molecule has 2 amide bonds. The minimum absolute atomic E-state index is 0.0682. The summed E-state index contributed by atoms with van der Waals surface area (Å²) in [6, 6.07) is 14.2. The van der Waals surface area contributed by atoms with Gasteiger partial charge in [0.05, 0.1) is 20.6 Å². The minimum Gasteiger partial charge on any atom is -0.493 e. The van der Waals surface area contributed by atoms with Gasteiger partial charge in [-0.15, -0.1) is 0 Å². The van der Waals surface area contributed by atoms with Crippen LogP contribution in [0.2, 0.25) is 0 Å². The van der Waals surface area contributed by atoms with E-state index >= 15 is 0 Å². The molecule has 1 atom stereocenters. The number of amides is 2. The predicted octanol–water partition coefficient (Wildman–Crippen LogP) is 2.97. The number of cyclic esters (lactones) is 1. The van der Waals surface area contributed by atoms with Gasteiger partial charge in [0.1, 0.15) is 12.6 Å². The van der Waals surface area contributed by atoms with Gasteiger partial charge in [0.25, 0.3) is 0 Å². The van der Waals surface area contributed by atoms with E-state index in [0.717, 1.165) is 11.1 Å². The van der Waals surface area contributed by atoms with E-state index in [1.807, 2.05) is 30.3 Å². The first-order chi connectivity index (χ1) is 12.1. The normalized spacial score (nSPS) is 16.5. The molecule has 6 nitrogen and oxygen atoms in total. The highest BCUT2D eigenvalue weighted by molar-refractivity contribution is 5.94. The third kappa shape index (κ3) is 3.42. The SMILES string of the molecule is COc1ccc(CC(=O)N2C(=O)OC[C@@H]2c2ccccc2)cc1OC. The molecule has 1 heterocycles. The first-order valence-corrected chi connectivity index (χ1v) is 7.88. The van der Waals surface area contributed by atoms with Gasteiger partial charge in [-0.1, -0.05) is 36.4 Å². The van der Waals surface area contributed by atoms with Crippen LogP contribution < -0.4 is 9.47 Å². The van der Waals surface area contributed by atoms with E-state index < -0.39 is 12.1 Å². The zero-order chi connectivity index (χ0) is 17.8. The Hall–Kier alpha value is -3.02. The van der Waals surface area contributed by atoms with Crippen LogP contribution in [0.25, 0.3) is 0 Å². The van der Waals surface area contributed by atoms with Gasteiger partial charge < -0.3 is 14.2 Å². The maximum atomic E-state index is 12.7. The van der Waals surface area contributed by atoms with Crippen LogP contribution in [-0.2, 0) is 16.0 Å². The van der Waals surface area contributed by atoms with Gasteiger partial charge in [-0.3, -0.25) is 4.79 Å². The zero-order valence-electron chi connectivity index (χ0n) is 14.1. The van der Waals surface area contributed by atoms with Crippen molar-refractivity contribution in [3.8, 4) is 11.5 Å². The molecule has 0 saturated carbocycles. The number of nitrogens with zero attached hydrogens (tertiary/aromatic N) is 1. The number of carbonyl (C=O) groups excluding carboxylic acids is 2. The molecular weight excluding hydrogens is 322 g/mol. The van der Waals surface area contributed by atoms with Crippen molar-refractivity contribution in [3.63, 3.8) is 0 Å². The highest BCUT2D eigenvalue weighted by Gasteiger charge is 2.38. The average molecular weight is 341 g/mol. The third-order valence-corrected chi connectivity index (χ3v) is 4.13. The number of benzene rings is 2. The molecule has 0 unspecified atom stereocenters. The molecule has 1 saturated heterocycles. The van der Waals surface area contributed by atoms with E-state index in [1.54, 1.807) is 25.3 Å². The van der Waals surface area contributed by atoms with E-state index in [2.05, 4.69) is 0 Å². The van der Waals surface area contributed by atoms with Crippen molar-refractivity contribution in [3.05, 3.63) is 59.7 Å². The van der Waals surface area contributed by atoms with Gasteiger partial charge in [-0.25, -0.2) is 9.69 Å². The summed E-state index contributed by atoms with van der Waals surface area (Å²) >= 11 is 0. The molecule has 2 aromatic carbocycles. The number of imide groups is 1. The van der Waals surface area contributed by atoms with Gasteiger partial charge in [-0.2, -0.15) is 0 Å². The van der Waals surface area contributed by atoms with Gasteiger partial charge >= 0.3 is 6.09 Å². The fourth-order valence-corrected chi connectivity index (χ4v) is 2.87. The summed E-state index contributed by atoms with van der Waals surface area (Å²) in [6.07, 6.45) is -0.543. The van der Waals surface area contributed by atoms with Gasteiger partial charge in [0, 0.05) is 0 Å². The number of rotatable bonds is 5. The Balaban J connectivity index is 1.81. The fourth-order valence-electron chi connectivity index (χ4n) is 2.87. The summed E-state index contributed by atoms with van der Waals surface area (Å²) in [5.74, 6) is 0.807. The molecule has 3 rings (SSSR count). The summed E-state index contributed by atoms with van der Waals surface area (Å²) in [5.41, 5.74) is 1.60. The lowest BCUT2D eigenvalue weighted by atomic mass is 10.1. The van der Waals surface area contributed by atoms with E-state index in [-0.39, 0.29) is 18.9 Å². The second-order valence-electron chi connectivity index (χ2n) is 5.63. The molecule has 0 bridgehead atoms. The van der Waals surface area contributed by atoms with E-state index in [1.165, 1.54) is 12.0 Å². The Morgan fingerprint density at radius 2 is 1.84 bits per heavy atom. The highest BCUT2D eigenvalue weighted by atomic mass is 16.6. The lowest BCUT2D eigenvalue weighted by Gasteiger charge is -2.20. The fraction of sp³-hybridized carbons (Fsp3) is 0.263. The molecule has 2 aromatic rings. The summed E-state index contributed by atoms with van der Waals surface area (Å²) in [4.78, 5) is 26.0. The first-order valence-electron chi connectivity index (χ1n) is 7.88. The molecule has 25 heavy (non-hydrogen) atoms. The van der Waals surface area contributed by atoms with Gasteiger partial charge in [-0.05, 0) is 23.3 Å². The van der Waals surface area contributed by atoms with E-state index in [4.69, 9.17) is 14.2 Å². The van der Waals surface area contributed by atoms with Crippen molar-refractivity contribution in [2.75, 3.05) is 20.8 Å². The molecule has 1 aliphatic rings. The Labute approximate surface area is 145 Å². The monoisotopic (exact) mass is 341 g/mol. The standard InChI is InChI=1S/C19H19NO5/c1-23-16-9-8-13(10-17(16)24-2)11-18(21)20-15(12-25-19(20)22)14-6-4-3-5-7-14/h3-10,15H,11-12H2,1-2H3/t15-/m1/s1. The number of carbonyl (C=O) groups is 2. The molecular formula is C19H19NO5. The third-order valence-electron chi connectivity index (χ3n) is 4.13. The van der Waals surface area contributed by atoms with Crippen molar-refractivity contribution in [1.82, 2.24) is 4.90 Å². The topological polar surface area (TPSA) is 65.1 Å². The molecule has 6 heteroatoms. The summed E-state index contributed by atoms with van der Waals surface area (Å²) in [7, 11) is 3.08. The predicted molar refractivity (Wildman–Crippen MR) is 90.6 cm³/mol. The Morgan fingerprint density at radius 1 is 1.12 bits per heavy atom. The van der Waals surface area contributed by atoms with Crippen LogP contribution >= 0.6 is 0 Å². The van der Waals surface area contributed by atoms with Crippen molar-refractivity contribution < 1.29 is 23.8 Å². The van der Waals surface area contributed by atoms with Crippen molar-refractivity contribution >= 4 is 12.0 Å². The van der Waals surface area contributed by atoms with Crippen LogP contribution in [-0.4, -0.2) is 37.7 Å². The molecule has 0 radical (unpaired) electrons. The maximum Gasteiger partial charge on any atom is 0.417 e. The van der Waals surface area contributed by atoms with Crippen LogP contribution in [0.15, 0.2) is 48.5 Å². The van der Waals surface area contributed by atoms with Crippen LogP contribution in [0, 0.1) is 0 Å². The number of methoxy groups -OCH3 is 2. The van der Waals surface area contributed by atoms with Crippen molar-refractivity contribution in [1.29, 1.82) is 0 Å². The van der Waals surface area contributed by atoms with Gasteiger partial charge in [0.15, 0.2) is 11.5 Å². The molecule has 0 aromatic heterocycles. The van der Waals surface area contributed by atoms with Crippen molar-refractivity contribution in [2.45, 2.75) is 12.5 Å². The Kier molecular flexibility index (Phi) is 4.88. The summed E-state index contributed by atoms with van der Waals surface area (Å²) in [6.45, 7) is 0.167. The number of hydrogen-bond donors (Lipinski definition) is 0. The summed E-state index contributed by atoms with van der Waals surface area (Å²) in [5, 5.41) is 0.